The van der Waals surface area contributed by atoms with Gasteiger partial charge in [-0.05, 0) is 51.8 Å². The lowest BCUT2D eigenvalue weighted by molar-refractivity contribution is -0.0946. The van der Waals surface area contributed by atoms with Crippen molar-refractivity contribution in [1.29, 1.82) is 0 Å². The standard InChI is InChI=1S/C21H34N4O3.HI/c1-15-11-25(12-16(2)28-15)21(3,4)13-24-20(22-5)23-9-8-17-6-7-18-19(10-17)27-14-26-18;/h6-7,10,15-16H,8-9,11-14H2,1-5H3,(H2,22,23,24);1H. The largest absolute Gasteiger partial charge is 0.454 e. The zero-order valence-electron chi connectivity index (χ0n) is 18.2. The first kappa shape index (κ1) is 24.0. The van der Waals surface area contributed by atoms with Gasteiger partial charge in [-0.15, -0.1) is 24.0 Å². The molecule has 0 bridgehead atoms. The number of ether oxygens (including phenoxy) is 3. The van der Waals surface area contributed by atoms with Crippen LogP contribution in [-0.4, -0.2) is 68.6 Å². The molecule has 2 heterocycles. The molecule has 1 aromatic rings. The van der Waals surface area contributed by atoms with Crippen LogP contribution in [0.2, 0.25) is 0 Å². The summed E-state index contributed by atoms with van der Waals surface area (Å²) in [5.41, 5.74) is 1.23. The summed E-state index contributed by atoms with van der Waals surface area (Å²) in [6.45, 7) is 12.6. The van der Waals surface area contributed by atoms with Crippen LogP contribution in [0.25, 0.3) is 0 Å². The van der Waals surface area contributed by atoms with Gasteiger partial charge in [0.25, 0.3) is 0 Å². The van der Waals surface area contributed by atoms with Crippen LogP contribution < -0.4 is 20.1 Å². The zero-order chi connectivity index (χ0) is 20.1. The van der Waals surface area contributed by atoms with Crippen molar-refractivity contribution in [3.63, 3.8) is 0 Å². The molecule has 0 aliphatic carbocycles. The lowest BCUT2D eigenvalue weighted by atomic mass is 10.00. The first-order valence-electron chi connectivity index (χ1n) is 10.1. The van der Waals surface area contributed by atoms with Gasteiger partial charge in [0.05, 0.1) is 12.2 Å². The third-order valence-corrected chi connectivity index (χ3v) is 5.33. The molecular formula is C21H35IN4O3. The van der Waals surface area contributed by atoms with E-state index in [0.29, 0.717) is 6.79 Å². The maximum Gasteiger partial charge on any atom is 0.231 e. The summed E-state index contributed by atoms with van der Waals surface area (Å²) < 4.78 is 16.7. The number of guanidine groups is 1. The fraction of sp³-hybridized carbons (Fsp3) is 0.667. The van der Waals surface area contributed by atoms with E-state index in [2.05, 4.69) is 54.3 Å². The van der Waals surface area contributed by atoms with Gasteiger partial charge in [-0.3, -0.25) is 9.89 Å². The molecule has 2 atom stereocenters. The summed E-state index contributed by atoms with van der Waals surface area (Å²) in [6.07, 6.45) is 1.42. The predicted molar refractivity (Wildman–Crippen MR) is 127 cm³/mol. The van der Waals surface area contributed by atoms with E-state index in [0.717, 1.165) is 50.1 Å². The first-order valence-corrected chi connectivity index (χ1v) is 10.1. The van der Waals surface area contributed by atoms with Crippen molar-refractivity contribution in [2.75, 3.05) is 40.0 Å². The molecule has 0 radical (unpaired) electrons. The Labute approximate surface area is 191 Å². The molecule has 2 aliphatic heterocycles. The van der Waals surface area contributed by atoms with Gasteiger partial charge in [0.2, 0.25) is 6.79 Å². The molecule has 0 aromatic heterocycles. The molecule has 1 saturated heterocycles. The minimum atomic E-state index is 0. The number of hydrogen-bond acceptors (Lipinski definition) is 5. The maximum atomic E-state index is 5.87. The van der Waals surface area contributed by atoms with Crippen molar-refractivity contribution in [2.45, 2.75) is 51.9 Å². The Balaban J connectivity index is 0.00000300. The van der Waals surface area contributed by atoms with Gasteiger partial charge in [-0.25, -0.2) is 0 Å². The van der Waals surface area contributed by atoms with Crippen molar-refractivity contribution in [3.8, 4) is 11.5 Å². The summed E-state index contributed by atoms with van der Waals surface area (Å²) in [5.74, 6) is 2.47. The van der Waals surface area contributed by atoms with Gasteiger partial charge in [0.15, 0.2) is 17.5 Å². The third-order valence-electron chi connectivity index (χ3n) is 5.33. The molecule has 3 rings (SSSR count). The molecule has 2 aliphatic rings. The number of aliphatic imine (C=N–C) groups is 1. The quantitative estimate of drug-likeness (QED) is 0.343. The molecule has 164 valence electrons. The molecule has 0 amide bonds. The second-order valence-corrected chi connectivity index (χ2v) is 8.26. The van der Waals surface area contributed by atoms with Crippen molar-refractivity contribution >= 4 is 29.9 Å². The van der Waals surface area contributed by atoms with Crippen LogP contribution in [0.15, 0.2) is 23.2 Å². The highest BCUT2D eigenvalue weighted by molar-refractivity contribution is 14.0. The summed E-state index contributed by atoms with van der Waals surface area (Å²) in [7, 11) is 1.81. The van der Waals surface area contributed by atoms with Crippen LogP contribution in [0.5, 0.6) is 11.5 Å². The number of benzene rings is 1. The second kappa shape index (κ2) is 10.7. The zero-order valence-corrected chi connectivity index (χ0v) is 20.5. The molecule has 0 saturated carbocycles. The number of halogens is 1. The molecule has 1 fully saturated rings. The summed E-state index contributed by atoms with van der Waals surface area (Å²) in [5, 5.41) is 6.88. The highest BCUT2D eigenvalue weighted by atomic mass is 127. The number of hydrogen-bond donors (Lipinski definition) is 2. The average molecular weight is 518 g/mol. The Kier molecular flexibility index (Phi) is 8.84. The topological polar surface area (TPSA) is 67.4 Å². The molecule has 0 spiro atoms. The van der Waals surface area contributed by atoms with E-state index < -0.39 is 0 Å². The highest BCUT2D eigenvalue weighted by Gasteiger charge is 2.33. The molecular weight excluding hydrogens is 483 g/mol. The molecule has 7 nitrogen and oxygen atoms in total. The lowest BCUT2D eigenvalue weighted by Gasteiger charge is -2.45. The predicted octanol–water partition coefficient (Wildman–Crippen LogP) is 2.63. The Morgan fingerprint density at radius 3 is 2.52 bits per heavy atom. The normalized spacial score (nSPS) is 22.2. The van der Waals surface area contributed by atoms with E-state index in [1.54, 1.807) is 0 Å². The van der Waals surface area contributed by atoms with Crippen molar-refractivity contribution in [1.82, 2.24) is 15.5 Å². The fourth-order valence-corrected chi connectivity index (χ4v) is 3.73. The minimum absolute atomic E-state index is 0. The number of rotatable bonds is 6. The van der Waals surface area contributed by atoms with Crippen LogP contribution in [0.1, 0.15) is 33.3 Å². The fourth-order valence-electron chi connectivity index (χ4n) is 3.73. The van der Waals surface area contributed by atoms with E-state index in [4.69, 9.17) is 14.2 Å². The Morgan fingerprint density at radius 1 is 1.14 bits per heavy atom. The Bertz CT molecular complexity index is 689. The van der Waals surface area contributed by atoms with Gasteiger partial charge in [-0.2, -0.15) is 0 Å². The van der Waals surface area contributed by atoms with E-state index in [1.807, 2.05) is 19.2 Å². The molecule has 2 unspecified atom stereocenters. The number of morpholine rings is 1. The van der Waals surface area contributed by atoms with Crippen LogP contribution >= 0.6 is 24.0 Å². The van der Waals surface area contributed by atoms with Crippen molar-refractivity contribution in [2.24, 2.45) is 4.99 Å². The van der Waals surface area contributed by atoms with Crippen molar-refractivity contribution < 1.29 is 14.2 Å². The number of nitrogens with zero attached hydrogens (tertiary/aromatic N) is 2. The van der Waals surface area contributed by atoms with Gasteiger partial charge >= 0.3 is 0 Å². The minimum Gasteiger partial charge on any atom is -0.454 e. The number of fused-ring (bicyclic) bond motifs is 1. The van der Waals surface area contributed by atoms with Gasteiger partial charge in [0, 0.05) is 38.8 Å². The summed E-state index contributed by atoms with van der Waals surface area (Å²) in [4.78, 5) is 6.86. The smallest absolute Gasteiger partial charge is 0.231 e. The maximum absolute atomic E-state index is 5.87. The van der Waals surface area contributed by atoms with Gasteiger partial charge < -0.3 is 24.8 Å². The first-order chi connectivity index (χ1) is 13.4. The average Bonchev–Trinajstić information content (AvgIpc) is 3.11. The lowest BCUT2D eigenvalue weighted by Crippen LogP contribution is -2.59. The van der Waals surface area contributed by atoms with Crippen LogP contribution in [0.3, 0.4) is 0 Å². The van der Waals surface area contributed by atoms with E-state index in [1.165, 1.54) is 5.56 Å². The number of nitrogens with one attached hydrogen (secondary N) is 2. The van der Waals surface area contributed by atoms with Crippen LogP contribution in [0, 0.1) is 0 Å². The highest BCUT2D eigenvalue weighted by Crippen LogP contribution is 2.32. The summed E-state index contributed by atoms with van der Waals surface area (Å²) >= 11 is 0. The van der Waals surface area contributed by atoms with Crippen LogP contribution in [-0.2, 0) is 11.2 Å². The molecule has 2 N–H and O–H groups in total. The Hall–Kier alpha value is -1.26. The third kappa shape index (κ3) is 6.62. The monoisotopic (exact) mass is 518 g/mol. The van der Waals surface area contributed by atoms with E-state index in [-0.39, 0.29) is 41.7 Å². The molecule has 1 aromatic carbocycles. The van der Waals surface area contributed by atoms with Gasteiger partial charge in [0.1, 0.15) is 0 Å². The molecule has 29 heavy (non-hydrogen) atoms. The van der Waals surface area contributed by atoms with E-state index in [9.17, 15) is 0 Å². The SMILES string of the molecule is CN=C(NCCc1ccc2c(c1)OCO2)NCC(C)(C)N1CC(C)OC(C)C1.I. The molecule has 8 heteroatoms. The second-order valence-electron chi connectivity index (χ2n) is 8.26. The van der Waals surface area contributed by atoms with E-state index >= 15 is 0 Å². The van der Waals surface area contributed by atoms with Crippen molar-refractivity contribution in [3.05, 3.63) is 23.8 Å². The summed E-state index contributed by atoms with van der Waals surface area (Å²) in [6, 6.07) is 6.09. The van der Waals surface area contributed by atoms with Gasteiger partial charge in [-0.1, -0.05) is 6.07 Å². The van der Waals surface area contributed by atoms with Crippen LogP contribution in [0.4, 0.5) is 0 Å². The Morgan fingerprint density at radius 2 is 1.83 bits per heavy atom.